The zero-order valence-corrected chi connectivity index (χ0v) is 41.1. The molecule has 5 fully saturated rings. The number of carbonyl (C=O) groups excluding carboxylic acids is 4. The zero-order valence-electron chi connectivity index (χ0n) is 39.3. The largest absolute Gasteiger partial charge is 0.469 e. The van der Waals surface area contributed by atoms with Gasteiger partial charge in [-0.3, -0.25) is 28.2 Å². The maximum atomic E-state index is 12.9. The van der Waals surface area contributed by atoms with Gasteiger partial charge in [-0.05, 0) is 6.92 Å². The van der Waals surface area contributed by atoms with Gasteiger partial charge >= 0.3 is 15.6 Å². The molecule has 5 aliphatic rings. The van der Waals surface area contributed by atoms with E-state index in [1.165, 1.54) is 6.92 Å². The lowest BCUT2D eigenvalue weighted by molar-refractivity contribution is -0.361. The van der Waals surface area contributed by atoms with E-state index in [4.69, 9.17) is 47.2 Å². The van der Waals surface area contributed by atoms with Crippen LogP contribution in [-0.2, 0) is 80.0 Å². The molecule has 24 atom stereocenters. The Morgan fingerprint density at radius 1 is 0.425 bits per heavy atom. The van der Waals surface area contributed by atoms with Crippen molar-refractivity contribution in [2.24, 2.45) is 0 Å². The standard InChI is InChI=1S/C37H64N4O30P2/c1-10-19(38-11(2)44)31(69-36-29(54)27(52)23(48)15(6-42)64-36)21(40-13(4)46)34(63-10)68-30-18(9-62-73(58,59)60)67-33(20(26(30)51)39-12(3)45)70-32-22(41-14(5)47)35(66-17(25(32)50)8-61-72(55,56)57)71-37-28(53)24(49)16(7-43)65-37/h10,15-37,42-43,48-54H,6-9H2,1-5H3,(H,38,44)(H,39,45)(H,40,46)(H,41,47)(H2,55,56,57)(H2,58,59,60)/t10-,15-,16-,17-,18-,19+,20-,21-,22-,23-,24-,25+,26-,27+,28-,29-,30+,31+,32-,33-,34-,35+,36+,37?/m1/s1. The van der Waals surface area contributed by atoms with Crippen LogP contribution < -0.4 is 21.3 Å². The van der Waals surface area contributed by atoms with Crippen LogP contribution in [0.4, 0.5) is 0 Å². The molecule has 0 spiro atoms. The molecule has 1 unspecified atom stereocenters. The first-order valence-electron chi connectivity index (χ1n) is 22.3. The van der Waals surface area contributed by atoms with Gasteiger partial charge in [0.25, 0.3) is 0 Å². The van der Waals surface area contributed by atoms with Gasteiger partial charge in [-0.2, -0.15) is 0 Å². The fraction of sp³-hybridized carbons (Fsp3) is 0.892. The molecule has 5 rings (SSSR count). The molecule has 34 nitrogen and oxygen atoms in total. The Bertz CT molecular complexity index is 1970. The topological polar surface area (TPSA) is 515 Å². The average Bonchev–Trinajstić information content (AvgIpc) is 3.55. The maximum absolute atomic E-state index is 12.9. The number of carbonyl (C=O) groups is 4. The van der Waals surface area contributed by atoms with E-state index < -0.39 is 213 Å². The van der Waals surface area contributed by atoms with Gasteiger partial charge in [0.05, 0.1) is 38.6 Å². The lowest BCUT2D eigenvalue weighted by atomic mass is 9.92. The van der Waals surface area contributed by atoms with E-state index in [0.717, 1.165) is 27.7 Å². The quantitative estimate of drug-likeness (QED) is 0.0503. The van der Waals surface area contributed by atoms with Crippen LogP contribution in [0, 0.1) is 0 Å². The predicted octanol–water partition coefficient (Wildman–Crippen LogP) is -9.45. The summed E-state index contributed by atoms with van der Waals surface area (Å²) in [6.07, 6.45) is -37.6. The Labute approximate surface area is 413 Å². The third-order valence-electron chi connectivity index (χ3n) is 12.0. The van der Waals surface area contributed by atoms with Gasteiger partial charge in [-0.15, -0.1) is 0 Å². The number of rotatable bonds is 20. The second-order valence-electron chi connectivity index (χ2n) is 17.6. The molecule has 4 amide bonds. The summed E-state index contributed by atoms with van der Waals surface area (Å²) in [4.78, 5) is 89.6. The fourth-order valence-corrected chi connectivity index (χ4v) is 9.36. The van der Waals surface area contributed by atoms with E-state index in [2.05, 4.69) is 25.8 Å². The number of aliphatic hydroxyl groups is 9. The monoisotopic (exact) mass is 1110 g/mol. The number of phosphoric ester groups is 2. The Hall–Kier alpha value is -2.62. The third-order valence-corrected chi connectivity index (χ3v) is 13.0. The van der Waals surface area contributed by atoms with Crippen molar-refractivity contribution in [3.05, 3.63) is 0 Å². The summed E-state index contributed by atoms with van der Waals surface area (Å²) in [5.74, 6) is -3.35. The van der Waals surface area contributed by atoms with Crippen LogP contribution in [0.25, 0.3) is 0 Å². The highest BCUT2D eigenvalue weighted by Gasteiger charge is 2.58. The lowest BCUT2D eigenvalue weighted by Gasteiger charge is -2.51. The van der Waals surface area contributed by atoms with Crippen molar-refractivity contribution in [2.45, 2.75) is 182 Å². The Morgan fingerprint density at radius 3 is 1.30 bits per heavy atom. The third kappa shape index (κ3) is 15.8. The molecule has 36 heteroatoms. The summed E-state index contributed by atoms with van der Waals surface area (Å²) in [6, 6.07) is -6.74. The second kappa shape index (κ2) is 25.7. The van der Waals surface area contributed by atoms with Gasteiger partial charge in [-0.1, -0.05) is 0 Å². The molecule has 0 bridgehead atoms. The van der Waals surface area contributed by atoms with Crippen molar-refractivity contribution in [1.29, 1.82) is 0 Å². The highest BCUT2D eigenvalue weighted by atomic mass is 31.2. The Balaban J connectivity index is 1.55. The predicted molar refractivity (Wildman–Crippen MR) is 227 cm³/mol. The van der Waals surface area contributed by atoms with Crippen molar-refractivity contribution in [3.63, 3.8) is 0 Å². The van der Waals surface area contributed by atoms with Crippen molar-refractivity contribution in [1.82, 2.24) is 21.3 Å². The summed E-state index contributed by atoms with van der Waals surface area (Å²) in [6.45, 7) is 1.29. The van der Waals surface area contributed by atoms with Crippen LogP contribution in [0.1, 0.15) is 34.6 Å². The Kier molecular flexibility index (Phi) is 21.5. The highest BCUT2D eigenvalue weighted by Crippen LogP contribution is 2.41. The maximum Gasteiger partial charge on any atom is 0.469 e. The minimum atomic E-state index is -5.47. The molecule has 0 aromatic rings. The number of phosphoric acid groups is 2. The lowest BCUT2D eigenvalue weighted by Crippen LogP contribution is -2.72. The van der Waals surface area contributed by atoms with Crippen molar-refractivity contribution in [3.8, 4) is 0 Å². The van der Waals surface area contributed by atoms with Gasteiger partial charge in [0.15, 0.2) is 31.5 Å². The molecule has 0 saturated carbocycles. The van der Waals surface area contributed by atoms with E-state index in [0.29, 0.717) is 0 Å². The van der Waals surface area contributed by atoms with E-state index in [9.17, 15) is 93.8 Å². The van der Waals surface area contributed by atoms with Crippen LogP contribution in [0.15, 0.2) is 0 Å². The molecule has 0 aromatic heterocycles. The van der Waals surface area contributed by atoms with E-state index in [1.807, 2.05) is 0 Å². The molecule has 5 aliphatic heterocycles. The molecular weight excluding hydrogens is 1040 g/mol. The fourth-order valence-electron chi connectivity index (χ4n) is 8.67. The van der Waals surface area contributed by atoms with Crippen molar-refractivity contribution in [2.75, 3.05) is 26.4 Å². The van der Waals surface area contributed by atoms with Gasteiger partial charge in [0, 0.05) is 27.7 Å². The van der Waals surface area contributed by atoms with Crippen molar-refractivity contribution >= 4 is 39.3 Å². The first kappa shape index (κ1) is 61.2. The molecule has 73 heavy (non-hydrogen) atoms. The zero-order chi connectivity index (χ0) is 54.6. The number of aliphatic hydroxyl groups excluding tert-OH is 9. The van der Waals surface area contributed by atoms with Crippen LogP contribution >= 0.6 is 15.6 Å². The van der Waals surface area contributed by atoms with Crippen LogP contribution in [0.3, 0.4) is 0 Å². The molecule has 0 aliphatic carbocycles. The summed E-state index contributed by atoms with van der Waals surface area (Å²) < 4.78 is 86.3. The summed E-state index contributed by atoms with van der Waals surface area (Å²) >= 11 is 0. The molecule has 17 N–H and O–H groups in total. The molecular formula is C37H64N4O30P2. The number of nitrogens with one attached hydrogen (secondary N) is 4. The molecule has 5 saturated heterocycles. The SMILES string of the molecule is CC(=O)N[C@@H]1[C@H](O[C@@H]2O[C@H](CO)[C@@H](O)[C@H](O)[C@H]2O)[C@@H](NC(C)=O)[C@@H](O[C@@H]2[C@H](O)[C@@H](NC(C)=O)[C@@H](O[C@H]3[C@@H](O)[C@@H](COP(=O)(O)O)O[C@@H](OC4O[C@H](CO)[C@@H](O)[C@H]4O)[C@@H]3NC(C)=O)O[C@@H]2COP(=O)(O)O)O[C@@H]1C. The highest BCUT2D eigenvalue weighted by molar-refractivity contribution is 7.46. The minimum absolute atomic E-state index is 0.689. The van der Waals surface area contributed by atoms with Crippen LogP contribution in [-0.4, -0.2) is 263 Å². The second-order valence-corrected chi connectivity index (χ2v) is 20.1. The van der Waals surface area contributed by atoms with Gasteiger partial charge in [0.2, 0.25) is 23.6 Å². The normalized spacial score (nSPS) is 42.4. The van der Waals surface area contributed by atoms with Crippen LogP contribution in [0.5, 0.6) is 0 Å². The first-order chi connectivity index (χ1) is 33.9. The number of hydrogen-bond donors (Lipinski definition) is 17. The van der Waals surface area contributed by atoms with Crippen LogP contribution in [0.2, 0.25) is 0 Å². The van der Waals surface area contributed by atoms with Gasteiger partial charge in [0.1, 0.15) is 104 Å². The summed E-state index contributed by atoms with van der Waals surface area (Å²) in [5.41, 5.74) is 0. The molecule has 0 aromatic carbocycles. The summed E-state index contributed by atoms with van der Waals surface area (Å²) in [7, 11) is -10.8. The van der Waals surface area contributed by atoms with Gasteiger partial charge < -0.3 is 129 Å². The number of ether oxygens (including phenoxy) is 9. The average molecular weight is 1110 g/mol. The van der Waals surface area contributed by atoms with Crippen molar-refractivity contribution < 1.29 is 146 Å². The van der Waals surface area contributed by atoms with Gasteiger partial charge in [-0.25, -0.2) is 9.13 Å². The van der Waals surface area contributed by atoms with E-state index in [1.54, 1.807) is 0 Å². The minimum Gasteiger partial charge on any atom is -0.394 e. The molecule has 5 heterocycles. The number of amides is 4. The molecule has 422 valence electrons. The van der Waals surface area contributed by atoms with E-state index in [-0.39, 0.29) is 0 Å². The smallest absolute Gasteiger partial charge is 0.394 e. The first-order valence-corrected chi connectivity index (χ1v) is 25.4. The Morgan fingerprint density at radius 2 is 0.795 bits per heavy atom. The number of hydrogen-bond acceptors (Lipinski definition) is 26. The molecule has 0 radical (unpaired) electrons. The summed E-state index contributed by atoms with van der Waals surface area (Å²) in [5, 5.41) is 106. The van der Waals surface area contributed by atoms with E-state index >= 15 is 0 Å².